The van der Waals surface area contributed by atoms with Gasteiger partial charge in [-0.3, -0.25) is 9.69 Å². The molecule has 1 amide bonds. The van der Waals surface area contributed by atoms with Crippen LogP contribution < -0.4 is 5.32 Å². The second-order valence-electron chi connectivity index (χ2n) is 5.56. The third kappa shape index (κ3) is 3.94. The number of benzene rings is 1. The van der Waals surface area contributed by atoms with Crippen LogP contribution in [-0.2, 0) is 11.3 Å². The van der Waals surface area contributed by atoms with Crippen molar-refractivity contribution in [2.75, 3.05) is 12.4 Å². The van der Waals surface area contributed by atoms with Gasteiger partial charge >= 0.3 is 0 Å². The predicted octanol–water partition coefficient (Wildman–Crippen LogP) is 3.58. The topological polar surface area (TPSA) is 32.3 Å². The summed E-state index contributed by atoms with van der Waals surface area (Å²) in [6, 6.07) is 8.67. The summed E-state index contributed by atoms with van der Waals surface area (Å²) in [5, 5.41) is 2.88. The molecule has 3 nitrogen and oxygen atoms in total. The van der Waals surface area contributed by atoms with Crippen molar-refractivity contribution in [2.45, 2.75) is 44.7 Å². The lowest BCUT2D eigenvalue weighted by atomic mass is 9.94. The fourth-order valence-corrected chi connectivity index (χ4v) is 2.88. The van der Waals surface area contributed by atoms with Crippen LogP contribution in [0, 0.1) is 0 Å². The first-order valence-electron chi connectivity index (χ1n) is 7.42. The Morgan fingerprint density at radius 2 is 2.05 bits per heavy atom. The van der Waals surface area contributed by atoms with Gasteiger partial charge in [-0.15, -0.1) is 0 Å². The van der Waals surface area contributed by atoms with Crippen LogP contribution in [0.2, 0.25) is 0 Å². The zero-order chi connectivity index (χ0) is 14.4. The molecule has 2 rings (SSSR count). The number of para-hydroxylation sites is 1. The number of carbonyl (C=O) groups excluding carboxylic acids is 1. The molecule has 0 bridgehead atoms. The SMILES string of the molecule is C=CC(=O)Nc1ccccc1CN(C)C1CCCCC1. The van der Waals surface area contributed by atoms with Crippen LogP contribution in [0.25, 0.3) is 0 Å². The predicted molar refractivity (Wildman–Crippen MR) is 83.6 cm³/mol. The van der Waals surface area contributed by atoms with Gasteiger partial charge in [0, 0.05) is 18.3 Å². The molecule has 1 N–H and O–H groups in total. The lowest BCUT2D eigenvalue weighted by molar-refractivity contribution is -0.111. The van der Waals surface area contributed by atoms with Crippen LogP contribution in [0.15, 0.2) is 36.9 Å². The quantitative estimate of drug-likeness (QED) is 0.831. The minimum atomic E-state index is -0.155. The largest absolute Gasteiger partial charge is 0.322 e. The van der Waals surface area contributed by atoms with Crippen LogP contribution in [0.3, 0.4) is 0 Å². The van der Waals surface area contributed by atoms with E-state index in [1.165, 1.54) is 38.2 Å². The van der Waals surface area contributed by atoms with E-state index in [4.69, 9.17) is 0 Å². The fraction of sp³-hybridized carbons (Fsp3) is 0.471. The summed E-state index contributed by atoms with van der Waals surface area (Å²) in [6.45, 7) is 4.37. The number of hydrogen-bond donors (Lipinski definition) is 1. The number of nitrogens with zero attached hydrogens (tertiary/aromatic N) is 1. The molecule has 0 aromatic heterocycles. The van der Waals surface area contributed by atoms with Crippen LogP contribution in [0.1, 0.15) is 37.7 Å². The maximum atomic E-state index is 11.5. The average Bonchev–Trinajstić information content (AvgIpc) is 2.50. The van der Waals surface area contributed by atoms with E-state index in [0.29, 0.717) is 6.04 Å². The molecule has 0 spiro atoms. The minimum Gasteiger partial charge on any atom is -0.322 e. The van der Waals surface area contributed by atoms with Crippen molar-refractivity contribution in [1.29, 1.82) is 0 Å². The van der Waals surface area contributed by atoms with Gasteiger partial charge in [-0.25, -0.2) is 0 Å². The lowest BCUT2D eigenvalue weighted by Gasteiger charge is -2.31. The molecule has 1 aromatic rings. The maximum absolute atomic E-state index is 11.5. The highest BCUT2D eigenvalue weighted by molar-refractivity contribution is 5.99. The smallest absolute Gasteiger partial charge is 0.247 e. The van der Waals surface area contributed by atoms with Gasteiger partial charge < -0.3 is 5.32 Å². The van der Waals surface area contributed by atoms with E-state index in [1.54, 1.807) is 0 Å². The third-order valence-corrected chi connectivity index (χ3v) is 4.08. The molecule has 0 saturated heterocycles. The number of anilines is 1. The molecule has 0 heterocycles. The van der Waals surface area contributed by atoms with E-state index >= 15 is 0 Å². The highest BCUT2D eigenvalue weighted by Gasteiger charge is 2.18. The van der Waals surface area contributed by atoms with E-state index in [2.05, 4.69) is 29.9 Å². The molecule has 0 radical (unpaired) electrons. The van der Waals surface area contributed by atoms with Gasteiger partial charge in [0.2, 0.25) is 5.91 Å². The summed E-state index contributed by atoms with van der Waals surface area (Å²) in [6.07, 6.45) is 7.93. The van der Waals surface area contributed by atoms with Crippen molar-refractivity contribution in [3.05, 3.63) is 42.5 Å². The fourth-order valence-electron chi connectivity index (χ4n) is 2.88. The molecule has 0 atom stereocenters. The van der Waals surface area contributed by atoms with E-state index in [9.17, 15) is 4.79 Å². The van der Waals surface area contributed by atoms with E-state index in [1.807, 2.05) is 18.2 Å². The molecule has 0 aliphatic heterocycles. The lowest BCUT2D eigenvalue weighted by Crippen LogP contribution is -2.33. The minimum absolute atomic E-state index is 0.155. The van der Waals surface area contributed by atoms with Gasteiger partial charge in [0.15, 0.2) is 0 Å². The Kier molecular flexibility index (Phi) is 5.36. The standard InChI is InChI=1S/C17H24N2O/c1-3-17(20)18-16-12-8-7-9-14(16)13-19(2)15-10-5-4-6-11-15/h3,7-9,12,15H,1,4-6,10-11,13H2,2H3,(H,18,20). The Morgan fingerprint density at radius 3 is 2.75 bits per heavy atom. The summed E-state index contributed by atoms with van der Waals surface area (Å²) < 4.78 is 0. The molecule has 1 saturated carbocycles. The summed E-state index contributed by atoms with van der Waals surface area (Å²) >= 11 is 0. The second kappa shape index (κ2) is 7.25. The molecule has 1 fully saturated rings. The summed E-state index contributed by atoms with van der Waals surface area (Å²) in [5.74, 6) is -0.155. The van der Waals surface area contributed by atoms with Crippen LogP contribution in [0.4, 0.5) is 5.69 Å². The first-order valence-corrected chi connectivity index (χ1v) is 7.42. The summed E-state index contributed by atoms with van der Waals surface area (Å²) in [4.78, 5) is 13.9. The van der Waals surface area contributed by atoms with E-state index in [-0.39, 0.29) is 5.91 Å². The third-order valence-electron chi connectivity index (χ3n) is 4.08. The molecule has 20 heavy (non-hydrogen) atoms. The molecule has 3 heteroatoms. The second-order valence-corrected chi connectivity index (χ2v) is 5.56. The van der Waals surface area contributed by atoms with Crippen molar-refractivity contribution in [2.24, 2.45) is 0 Å². The molecular weight excluding hydrogens is 248 g/mol. The van der Waals surface area contributed by atoms with Gasteiger partial charge in [0.05, 0.1) is 0 Å². The molecule has 0 unspecified atom stereocenters. The molecule has 1 aliphatic rings. The van der Waals surface area contributed by atoms with Crippen molar-refractivity contribution in [3.63, 3.8) is 0 Å². The highest BCUT2D eigenvalue weighted by Crippen LogP contribution is 2.24. The van der Waals surface area contributed by atoms with Gasteiger partial charge in [0.25, 0.3) is 0 Å². The number of rotatable bonds is 5. The van der Waals surface area contributed by atoms with E-state index in [0.717, 1.165) is 17.8 Å². The average molecular weight is 272 g/mol. The summed E-state index contributed by atoms with van der Waals surface area (Å²) in [5.41, 5.74) is 2.05. The van der Waals surface area contributed by atoms with Crippen LogP contribution in [-0.4, -0.2) is 23.9 Å². The van der Waals surface area contributed by atoms with Gasteiger partial charge in [-0.05, 0) is 37.6 Å². The van der Waals surface area contributed by atoms with Crippen LogP contribution in [0.5, 0.6) is 0 Å². The number of nitrogens with one attached hydrogen (secondary N) is 1. The van der Waals surface area contributed by atoms with Crippen molar-refractivity contribution >= 4 is 11.6 Å². The first kappa shape index (κ1) is 14.8. The summed E-state index contributed by atoms with van der Waals surface area (Å²) in [7, 11) is 2.18. The Balaban J connectivity index is 2.04. The molecule has 1 aliphatic carbocycles. The van der Waals surface area contributed by atoms with Crippen molar-refractivity contribution in [1.82, 2.24) is 4.90 Å². The first-order chi connectivity index (χ1) is 9.70. The highest BCUT2D eigenvalue weighted by atomic mass is 16.1. The molecule has 108 valence electrons. The Hall–Kier alpha value is -1.61. The van der Waals surface area contributed by atoms with Gasteiger partial charge in [-0.2, -0.15) is 0 Å². The van der Waals surface area contributed by atoms with Crippen molar-refractivity contribution < 1.29 is 4.79 Å². The maximum Gasteiger partial charge on any atom is 0.247 e. The van der Waals surface area contributed by atoms with Gasteiger partial charge in [-0.1, -0.05) is 44.0 Å². The van der Waals surface area contributed by atoms with Crippen molar-refractivity contribution in [3.8, 4) is 0 Å². The number of carbonyl (C=O) groups is 1. The zero-order valence-corrected chi connectivity index (χ0v) is 12.3. The monoisotopic (exact) mass is 272 g/mol. The normalized spacial score (nSPS) is 16.1. The Labute approximate surface area is 121 Å². The molecule has 1 aromatic carbocycles. The van der Waals surface area contributed by atoms with E-state index < -0.39 is 0 Å². The Bertz CT molecular complexity index is 464. The number of amides is 1. The van der Waals surface area contributed by atoms with Crippen LogP contribution >= 0.6 is 0 Å². The zero-order valence-electron chi connectivity index (χ0n) is 12.3. The molecular formula is C17H24N2O. The number of hydrogen-bond acceptors (Lipinski definition) is 2. The van der Waals surface area contributed by atoms with Gasteiger partial charge in [0.1, 0.15) is 0 Å². The Morgan fingerprint density at radius 1 is 1.35 bits per heavy atom.